The number of esters is 1. The van der Waals surface area contributed by atoms with Crippen molar-refractivity contribution in [2.75, 3.05) is 7.11 Å². The average Bonchev–Trinajstić information content (AvgIpc) is 3.06. The number of carbonyl (C=O) groups excluding carboxylic acids is 1. The predicted octanol–water partition coefficient (Wildman–Crippen LogP) is 3.25. The molecule has 0 aliphatic heterocycles. The summed E-state index contributed by atoms with van der Waals surface area (Å²) in [6, 6.07) is 1.74. The molecular weight excluding hydrogens is 377 g/mol. The Kier molecular flexibility index (Phi) is 5.85. The van der Waals surface area contributed by atoms with Gasteiger partial charge in [0.25, 0.3) is 0 Å². The third-order valence-electron chi connectivity index (χ3n) is 5.04. The van der Waals surface area contributed by atoms with Gasteiger partial charge in [-0.15, -0.1) is 10.2 Å². The predicted molar refractivity (Wildman–Crippen MR) is 91.3 cm³/mol. The third-order valence-corrected chi connectivity index (χ3v) is 5.04. The van der Waals surface area contributed by atoms with E-state index in [-0.39, 0.29) is 30.3 Å². The van der Waals surface area contributed by atoms with Crippen molar-refractivity contribution < 1.29 is 27.4 Å². The van der Waals surface area contributed by atoms with Crippen LogP contribution in [0, 0.1) is 5.92 Å². The number of halogens is 3. The second-order valence-electron chi connectivity index (χ2n) is 6.77. The molecule has 28 heavy (non-hydrogen) atoms. The van der Waals surface area contributed by atoms with Crippen LogP contribution in [0.5, 0.6) is 5.88 Å². The Balaban J connectivity index is 1.62. The lowest BCUT2D eigenvalue weighted by atomic mass is 9.81. The summed E-state index contributed by atoms with van der Waals surface area (Å²) in [4.78, 5) is 15.4. The van der Waals surface area contributed by atoms with Crippen LogP contribution in [0.4, 0.5) is 13.2 Å². The van der Waals surface area contributed by atoms with Gasteiger partial charge in [0.15, 0.2) is 5.82 Å². The van der Waals surface area contributed by atoms with Gasteiger partial charge in [-0.25, -0.2) is 4.98 Å². The van der Waals surface area contributed by atoms with Crippen LogP contribution in [0.3, 0.4) is 0 Å². The van der Waals surface area contributed by atoms with Crippen molar-refractivity contribution in [3.63, 3.8) is 0 Å². The standard InChI is InChI=1S/C18H21F3N4O3/c1-25-14(10-28-15-9-13(7-8-22-15)18(19,20)21)23-24-16(25)11-3-5-12(6-4-11)17(26)27-2/h7-9,11-12H,3-6,10H2,1-2H3. The van der Waals surface area contributed by atoms with E-state index >= 15 is 0 Å². The molecule has 2 aromatic heterocycles. The summed E-state index contributed by atoms with van der Waals surface area (Å²) in [7, 11) is 3.18. The van der Waals surface area contributed by atoms with Gasteiger partial charge in [0.2, 0.25) is 5.88 Å². The molecule has 2 heterocycles. The first-order valence-corrected chi connectivity index (χ1v) is 8.91. The number of carbonyl (C=O) groups is 1. The third kappa shape index (κ3) is 4.42. The Morgan fingerprint density at radius 3 is 2.61 bits per heavy atom. The van der Waals surface area contributed by atoms with Crippen molar-refractivity contribution in [2.24, 2.45) is 13.0 Å². The molecular formula is C18H21F3N4O3. The van der Waals surface area contributed by atoms with Crippen LogP contribution in [0.1, 0.15) is 48.8 Å². The summed E-state index contributed by atoms with van der Waals surface area (Å²) in [6.07, 6.45) is -0.361. The molecule has 7 nitrogen and oxygen atoms in total. The summed E-state index contributed by atoms with van der Waals surface area (Å²) >= 11 is 0. The minimum absolute atomic E-state index is 0.0463. The Hall–Kier alpha value is -2.65. The van der Waals surface area contributed by atoms with E-state index in [9.17, 15) is 18.0 Å². The second-order valence-corrected chi connectivity index (χ2v) is 6.77. The van der Waals surface area contributed by atoms with Crippen LogP contribution in [0.2, 0.25) is 0 Å². The van der Waals surface area contributed by atoms with Gasteiger partial charge < -0.3 is 14.0 Å². The van der Waals surface area contributed by atoms with Crippen LogP contribution in [0.25, 0.3) is 0 Å². The van der Waals surface area contributed by atoms with Gasteiger partial charge in [-0.05, 0) is 31.7 Å². The monoisotopic (exact) mass is 398 g/mol. The number of alkyl halides is 3. The first kappa shape index (κ1) is 20.1. The van der Waals surface area contributed by atoms with Gasteiger partial charge in [0.05, 0.1) is 18.6 Å². The minimum atomic E-state index is -4.46. The molecule has 10 heteroatoms. The number of hydrogen-bond acceptors (Lipinski definition) is 6. The molecule has 1 aliphatic rings. The lowest BCUT2D eigenvalue weighted by molar-refractivity contribution is -0.146. The highest BCUT2D eigenvalue weighted by Gasteiger charge is 2.32. The Morgan fingerprint density at radius 2 is 1.96 bits per heavy atom. The van der Waals surface area contributed by atoms with Crippen molar-refractivity contribution in [3.05, 3.63) is 35.5 Å². The fraction of sp³-hybridized carbons (Fsp3) is 0.556. The quantitative estimate of drug-likeness (QED) is 0.720. The van der Waals surface area contributed by atoms with E-state index in [1.54, 1.807) is 11.6 Å². The van der Waals surface area contributed by atoms with E-state index in [4.69, 9.17) is 9.47 Å². The van der Waals surface area contributed by atoms with Crippen LogP contribution in [-0.2, 0) is 29.4 Å². The Morgan fingerprint density at radius 1 is 1.25 bits per heavy atom. The largest absolute Gasteiger partial charge is 0.469 e. The number of nitrogens with zero attached hydrogens (tertiary/aromatic N) is 4. The second kappa shape index (κ2) is 8.15. The summed E-state index contributed by atoms with van der Waals surface area (Å²) in [5.41, 5.74) is -0.821. The first-order valence-electron chi connectivity index (χ1n) is 8.91. The van der Waals surface area contributed by atoms with Crippen LogP contribution < -0.4 is 4.74 Å². The van der Waals surface area contributed by atoms with E-state index in [0.29, 0.717) is 5.82 Å². The number of rotatable bonds is 5. The van der Waals surface area contributed by atoms with Crippen molar-refractivity contribution in [2.45, 2.75) is 44.4 Å². The van der Waals surface area contributed by atoms with Crippen molar-refractivity contribution in [1.29, 1.82) is 0 Å². The molecule has 0 amide bonds. The summed E-state index contributed by atoms with van der Waals surface area (Å²) in [6.45, 7) is -0.0463. The maximum Gasteiger partial charge on any atom is 0.416 e. The molecule has 1 saturated carbocycles. The number of pyridine rings is 1. The molecule has 1 fully saturated rings. The van der Waals surface area contributed by atoms with Gasteiger partial charge >= 0.3 is 12.1 Å². The SMILES string of the molecule is COC(=O)C1CCC(c2nnc(COc3cc(C(F)(F)F)ccn3)n2C)CC1. The van der Waals surface area contributed by atoms with Gasteiger partial charge in [-0.1, -0.05) is 0 Å². The summed E-state index contributed by atoms with van der Waals surface area (Å²) in [5.74, 6) is 1.04. The minimum Gasteiger partial charge on any atom is -0.469 e. The molecule has 2 aromatic rings. The zero-order valence-electron chi connectivity index (χ0n) is 15.6. The maximum absolute atomic E-state index is 12.8. The molecule has 0 bridgehead atoms. The van der Waals surface area contributed by atoms with E-state index in [1.165, 1.54) is 7.11 Å². The van der Waals surface area contributed by atoms with Gasteiger partial charge in [-0.3, -0.25) is 4.79 Å². The number of methoxy groups -OCH3 is 1. The normalized spacial score (nSPS) is 20.0. The maximum atomic E-state index is 12.8. The molecule has 0 radical (unpaired) electrons. The van der Waals surface area contributed by atoms with E-state index in [1.807, 2.05) is 0 Å². The molecule has 3 rings (SSSR count). The molecule has 0 spiro atoms. The fourth-order valence-corrected chi connectivity index (χ4v) is 3.41. The Bertz CT molecular complexity index is 830. The number of ether oxygens (including phenoxy) is 2. The molecule has 0 saturated heterocycles. The van der Waals surface area contributed by atoms with Crippen molar-refractivity contribution >= 4 is 5.97 Å². The summed E-state index contributed by atoms with van der Waals surface area (Å²) < 4.78 is 50.3. The molecule has 0 unspecified atom stereocenters. The van der Waals surface area contributed by atoms with E-state index in [0.717, 1.165) is 49.8 Å². The molecule has 0 atom stereocenters. The van der Waals surface area contributed by atoms with Gasteiger partial charge in [0, 0.05) is 25.2 Å². The molecule has 0 N–H and O–H groups in total. The first-order chi connectivity index (χ1) is 13.3. The van der Waals surface area contributed by atoms with Crippen LogP contribution in [0.15, 0.2) is 18.3 Å². The highest BCUT2D eigenvalue weighted by Crippen LogP contribution is 2.35. The Labute approximate surface area is 159 Å². The van der Waals surface area contributed by atoms with E-state index < -0.39 is 11.7 Å². The van der Waals surface area contributed by atoms with Crippen molar-refractivity contribution in [1.82, 2.24) is 19.7 Å². The van der Waals surface area contributed by atoms with Crippen LogP contribution >= 0.6 is 0 Å². The lowest BCUT2D eigenvalue weighted by Crippen LogP contribution is -2.23. The number of aromatic nitrogens is 4. The topological polar surface area (TPSA) is 79.1 Å². The average molecular weight is 398 g/mol. The highest BCUT2D eigenvalue weighted by atomic mass is 19.4. The summed E-state index contributed by atoms with van der Waals surface area (Å²) in [5, 5.41) is 8.31. The van der Waals surface area contributed by atoms with Gasteiger partial charge in [-0.2, -0.15) is 13.2 Å². The molecule has 1 aliphatic carbocycles. The highest BCUT2D eigenvalue weighted by molar-refractivity contribution is 5.72. The zero-order chi connectivity index (χ0) is 20.3. The number of hydrogen-bond donors (Lipinski definition) is 0. The van der Waals surface area contributed by atoms with Crippen LogP contribution in [-0.4, -0.2) is 32.8 Å². The van der Waals surface area contributed by atoms with Gasteiger partial charge in [0.1, 0.15) is 12.4 Å². The zero-order valence-corrected chi connectivity index (χ0v) is 15.6. The fourth-order valence-electron chi connectivity index (χ4n) is 3.41. The lowest BCUT2D eigenvalue weighted by Gasteiger charge is -2.26. The molecule has 0 aromatic carbocycles. The van der Waals surface area contributed by atoms with Crippen molar-refractivity contribution in [3.8, 4) is 5.88 Å². The molecule has 152 valence electrons. The smallest absolute Gasteiger partial charge is 0.416 e. The van der Waals surface area contributed by atoms with E-state index in [2.05, 4.69) is 15.2 Å².